The van der Waals surface area contributed by atoms with E-state index in [4.69, 9.17) is 10.5 Å². The summed E-state index contributed by atoms with van der Waals surface area (Å²) in [5.41, 5.74) is 6.69. The first-order valence-corrected chi connectivity index (χ1v) is 6.46. The van der Waals surface area contributed by atoms with Crippen LogP contribution >= 0.6 is 24.0 Å². The monoisotopic (exact) mass is 391 g/mol. The van der Waals surface area contributed by atoms with E-state index in [-0.39, 0.29) is 30.5 Å². The van der Waals surface area contributed by atoms with Gasteiger partial charge in [0.1, 0.15) is 5.75 Å². The molecule has 3 N–H and O–H groups in total. The minimum Gasteiger partial charge on any atom is -0.497 e. The zero-order chi connectivity index (χ0) is 13.8. The Kier molecular flexibility index (Phi) is 6.54. The van der Waals surface area contributed by atoms with Gasteiger partial charge in [-0.05, 0) is 30.5 Å². The Hall–Kier alpha value is -1.02. The predicted octanol–water partition coefficient (Wildman–Crippen LogP) is 1.76. The first-order chi connectivity index (χ1) is 9.11. The number of aliphatic hydroxyl groups is 1. The molecule has 0 aliphatic heterocycles. The van der Waals surface area contributed by atoms with Crippen LogP contribution in [0.2, 0.25) is 0 Å². The number of hydrogen-bond acceptors (Lipinski definition) is 3. The van der Waals surface area contributed by atoms with Crippen LogP contribution in [0.15, 0.2) is 29.3 Å². The minimum absolute atomic E-state index is 0. The van der Waals surface area contributed by atoms with E-state index >= 15 is 0 Å². The Morgan fingerprint density at radius 1 is 1.45 bits per heavy atom. The third-order valence-electron chi connectivity index (χ3n) is 3.38. The summed E-state index contributed by atoms with van der Waals surface area (Å²) in [7, 11) is 3.56. The van der Waals surface area contributed by atoms with Crippen LogP contribution in [0.5, 0.6) is 5.75 Å². The van der Waals surface area contributed by atoms with Crippen molar-refractivity contribution in [2.75, 3.05) is 20.7 Å². The Morgan fingerprint density at radius 3 is 2.55 bits per heavy atom. The van der Waals surface area contributed by atoms with E-state index in [1.165, 1.54) is 12.8 Å². The summed E-state index contributed by atoms with van der Waals surface area (Å²) in [6.07, 6.45) is 1.71. The third-order valence-corrected chi connectivity index (χ3v) is 3.38. The van der Waals surface area contributed by atoms with Crippen molar-refractivity contribution in [2.45, 2.75) is 25.0 Å². The van der Waals surface area contributed by atoms with Crippen LogP contribution in [0.25, 0.3) is 0 Å². The molecule has 0 heterocycles. The van der Waals surface area contributed by atoms with Gasteiger partial charge in [-0.1, -0.05) is 12.1 Å². The second-order valence-corrected chi connectivity index (χ2v) is 4.83. The zero-order valence-electron chi connectivity index (χ0n) is 11.8. The van der Waals surface area contributed by atoms with Crippen molar-refractivity contribution in [2.24, 2.45) is 10.7 Å². The highest BCUT2D eigenvalue weighted by atomic mass is 127. The van der Waals surface area contributed by atoms with Crippen LogP contribution in [-0.2, 0) is 0 Å². The maximum Gasteiger partial charge on any atom is 0.191 e. The SMILES string of the molecule is COc1ccc(C(O)CN=C(N)N(C)C2CC2)cc1.I. The van der Waals surface area contributed by atoms with Crippen molar-refractivity contribution in [3.8, 4) is 5.75 Å². The number of ether oxygens (including phenoxy) is 1. The fraction of sp³-hybridized carbons (Fsp3) is 0.500. The maximum atomic E-state index is 10.0. The number of nitrogens with two attached hydrogens (primary N) is 1. The average molecular weight is 391 g/mol. The zero-order valence-corrected chi connectivity index (χ0v) is 14.2. The van der Waals surface area contributed by atoms with Crippen molar-refractivity contribution in [1.82, 2.24) is 4.90 Å². The highest BCUT2D eigenvalue weighted by Gasteiger charge is 2.27. The summed E-state index contributed by atoms with van der Waals surface area (Å²) in [6, 6.07) is 7.84. The van der Waals surface area contributed by atoms with Crippen molar-refractivity contribution in [1.29, 1.82) is 0 Å². The Morgan fingerprint density at radius 2 is 2.05 bits per heavy atom. The number of rotatable bonds is 5. The normalized spacial score (nSPS) is 16.2. The molecule has 1 aliphatic carbocycles. The molecule has 1 aromatic carbocycles. The second kappa shape index (κ2) is 7.68. The largest absolute Gasteiger partial charge is 0.497 e. The second-order valence-electron chi connectivity index (χ2n) is 4.83. The van der Waals surface area contributed by atoms with Crippen molar-refractivity contribution < 1.29 is 9.84 Å². The van der Waals surface area contributed by atoms with Gasteiger partial charge in [0.15, 0.2) is 5.96 Å². The van der Waals surface area contributed by atoms with Gasteiger partial charge in [-0.15, -0.1) is 24.0 Å². The summed E-state index contributed by atoms with van der Waals surface area (Å²) >= 11 is 0. The molecular formula is C14H22IN3O2. The molecule has 1 unspecified atom stereocenters. The van der Waals surface area contributed by atoms with E-state index in [1.54, 1.807) is 7.11 Å². The molecule has 5 nitrogen and oxygen atoms in total. The predicted molar refractivity (Wildman–Crippen MR) is 90.6 cm³/mol. The molecule has 1 saturated carbocycles. The number of aliphatic hydroxyl groups excluding tert-OH is 1. The highest BCUT2D eigenvalue weighted by molar-refractivity contribution is 14.0. The molecule has 2 rings (SSSR count). The van der Waals surface area contributed by atoms with Gasteiger partial charge in [-0.25, -0.2) is 0 Å². The molecule has 6 heteroatoms. The first kappa shape index (κ1) is 17.0. The lowest BCUT2D eigenvalue weighted by atomic mass is 10.1. The fourth-order valence-electron chi connectivity index (χ4n) is 1.87. The molecule has 1 aromatic rings. The smallest absolute Gasteiger partial charge is 0.191 e. The standard InChI is InChI=1S/C14H21N3O2.HI/c1-17(11-5-6-11)14(15)16-9-13(18)10-3-7-12(19-2)8-4-10;/h3-4,7-8,11,13,18H,5-6,9H2,1-2H3,(H2,15,16);1H. The number of hydrogen-bond donors (Lipinski definition) is 2. The van der Waals surface area contributed by atoms with E-state index < -0.39 is 6.10 Å². The van der Waals surface area contributed by atoms with Crippen LogP contribution < -0.4 is 10.5 Å². The number of halogens is 1. The highest BCUT2D eigenvalue weighted by Crippen LogP contribution is 2.25. The van der Waals surface area contributed by atoms with Crippen molar-refractivity contribution in [3.63, 3.8) is 0 Å². The molecule has 0 radical (unpaired) electrons. The molecule has 0 aromatic heterocycles. The van der Waals surface area contributed by atoms with Gasteiger partial charge in [0, 0.05) is 13.1 Å². The molecule has 0 amide bonds. The van der Waals surface area contributed by atoms with Crippen molar-refractivity contribution >= 4 is 29.9 Å². The lowest BCUT2D eigenvalue weighted by Gasteiger charge is -2.17. The lowest BCUT2D eigenvalue weighted by molar-refractivity contribution is 0.186. The number of aliphatic imine (C=N–C) groups is 1. The first-order valence-electron chi connectivity index (χ1n) is 6.46. The average Bonchev–Trinajstić information content (AvgIpc) is 3.28. The van der Waals surface area contributed by atoms with Crippen LogP contribution in [0.1, 0.15) is 24.5 Å². The molecule has 20 heavy (non-hydrogen) atoms. The van der Waals surface area contributed by atoms with Crippen LogP contribution in [0.4, 0.5) is 0 Å². The van der Waals surface area contributed by atoms with Gasteiger partial charge in [0.2, 0.25) is 0 Å². The number of benzene rings is 1. The van der Waals surface area contributed by atoms with E-state index in [2.05, 4.69) is 4.99 Å². The van der Waals surface area contributed by atoms with E-state index in [0.29, 0.717) is 12.0 Å². The van der Waals surface area contributed by atoms with Gasteiger partial charge in [-0.2, -0.15) is 0 Å². The van der Waals surface area contributed by atoms with Gasteiger partial charge in [0.05, 0.1) is 19.8 Å². The van der Waals surface area contributed by atoms with Gasteiger partial charge >= 0.3 is 0 Å². The molecular weight excluding hydrogens is 369 g/mol. The molecule has 1 atom stereocenters. The molecule has 0 bridgehead atoms. The summed E-state index contributed by atoms with van der Waals surface area (Å²) in [6.45, 7) is 0.273. The number of guanidine groups is 1. The van der Waals surface area contributed by atoms with Crippen molar-refractivity contribution in [3.05, 3.63) is 29.8 Å². The molecule has 112 valence electrons. The lowest BCUT2D eigenvalue weighted by Crippen LogP contribution is -2.36. The van der Waals surface area contributed by atoms with E-state index in [9.17, 15) is 5.11 Å². The Labute approximate surface area is 136 Å². The Balaban J connectivity index is 0.00000200. The quantitative estimate of drug-likeness (QED) is 0.456. The van der Waals surface area contributed by atoms with Gasteiger partial charge < -0.3 is 20.5 Å². The van der Waals surface area contributed by atoms with Gasteiger partial charge in [-0.3, -0.25) is 4.99 Å². The molecule has 0 spiro atoms. The van der Waals surface area contributed by atoms with Crippen LogP contribution in [-0.4, -0.2) is 42.7 Å². The summed E-state index contributed by atoms with van der Waals surface area (Å²) in [4.78, 5) is 6.22. The number of methoxy groups -OCH3 is 1. The molecule has 0 saturated heterocycles. The third kappa shape index (κ3) is 4.52. The minimum atomic E-state index is -0.642. The van der Waals surface area contributed by atoms with E-state index in [0.717, 1.165) is 11.3 Å². The fourth-order valence-corrected chi connectivity index (χ4v) is 1.87. The number of nitrogens with zero attached hydrogens (tertiary/aromatic N) is 2. The summed E-state index contributed by atoms with van der Waals surface area (Å²) in [5.74, 6) is 1.27. The van der Waals surface area contributed by atoms with Gasteiger partial charge in [0.25, 0.3) is 0 Å². The summed E-state index contributed by atoms with van der Waals surface area (Å²) < 4.78 is 5.08. The molecule has 1 fully saturated rings. The van der Waals surface area contributed by atoms with E-state index in [1.807, 2.05) is 36.2 Å². The van der Waals surface area contributed by atoms with Crippen LogP contribution in [0.3, 0.4) is 0 Å². The summed E-state index contributed by atoms with van der Waals surface area (Å²) in [5, 5.41) is 10.0. The molecule has 1 aliphatic rings. The topological polar surface area (TPSA) is 71.1 Å². The van der Waals surface area contributed by atoms with Crippen LogP contribution in [0, 0.1) is 0 Å². The Bertz CT molecular complexity index is 446. The maximum absolute atomic E-state index is 10.0.